The van der Waals surface area contributed by atoms with Crippen molar-refractivity contribution in [2.24, 2.45) is 0 Å². The van der Waals surface area contributed by atoms with Gasteiger partial charge >= 0.3 is 0 Å². The fourth-order valence-electron chi connectivity index (χ4n) is 6.99. The van der Waals surface area contributed by atoms with Crippen LogP contribution in [0.1, 0.15) is 0 Å². The molecule has 9 rings (SSSR count). The number of benzene rings is 8. The lowest BCUT2D eigenvalue weighted by Gasteiger charge is -2.20. The zero-order chi connectivity index (χ0) is 28.3. The molecule has 0 aliphatic carbocycles. The van der Waals surface area contributed by atoms with Gasteiger partial charge in [-0.05, 0) is 78.3 Å². The third-order valence-corrected chi connectivity index (χ3v) is 8.83. The molecule has 0 bridgehead atoms. The molecule has 0 amide bonds. The van der Waals surface area contributed by atoms with Gasteiger partial charge in [0.2, 0.25) is 0 Å². The van der Waals surface area contributed by atoms with E-state index in [1.54, 1.807) is 0 Å². The molecule has 9 aromatic rings. The van der Waals surface area contributed by atoms with Crippen molar-refractivity contribution in [1.29, 1.82) is 0 Å². The molecular weight excluding hydrogens is 520 g/mol. The predicted octanol–water partition coefficient (Wildman–Crippen LogP) is 12.0. The van der Waals surface area contributed by atoms with Gasteiger partial charge in [0.05, 0.1) is 0 Å². The molecule has 1 heterocycles. The van der Waals surface area contributed by atoms with Crippen molar-refractivity contribution in [3.63, 3.8) is 0 Å². The smallest absolute Gasteiger partial charge is 0.136 e. The van der Waals surface area contributed by atoms with Crippen LogP contribution in [0.25, 0.3) is 87.6 Å². The molecule has 0 N–H and O–H groups in total. The second kappa shape index (κ2) is 9.44. The van der Waals surface area contributed by atoms with E-state index >= 15 is 0 Å². The van der Waals surface area contributed by atoms with Crippen molar-refractivity contribution < 1.29 is 4.42 Å². The molecule has 1 heteroatoms. The summed E-state index contributed by atoms with van der Waals surface area (Å²) in [6, 6.07) is 56.7. The van der Waals surface area contributed by atoms with E-state index in [-0.39, 0.29) is 0 Å². The molecule has 1 nitrogen and oxygen atoms in total. The second-order valence-corrected chi connectivity index (χ2v) is 11.2. The molecule has 8 aromatic carbocycles. The number of fused-ring (bicyclic) bond motifs is 6. The highest BCUT2D eigenvalue weighted by Gasteiger charge is 2.23. The summed E-state index contributed by atoms with van der Waals surface area (Å²) in [6.07, 6.45) is 0. The molecule has 0 saturated carbocycles. The monoisotopic (exact) mass is 546 g/mol. The maximum absolute atomic E-state index is 6.63. The van der Waals surface area contributed by atoms with E-state index in [9.17, 15) is 0 Å². The molecule has 0 unspecified atom stereocenters. The number of rotatable bonds is 3. The van der Waals surface area contributed by atoms with Crippen molar-refractivity contribution in [3.05, 3.63) is 158 Å². The summed E-state index contributed by atoms with van der Waals surface area (Å²) in [7, 11) is 0. The van der Waals surface area contributed by atoms with Gasteiger partial charge in [0.25, 0.3) is 0 Å². The lowest BCUT2D eigenvalue weighted by atomic mass is 9.82. The summed E-state index contributed by atoms with van der Waals surface area (Å²) in [5.41, 5.74) is 9.16. The standard InChI is InChI=1S/C42H26O/c1-3-13-27(14-4-1)31-23-24-37-41(36-25-29-17-7-8-18-30(29)26-38(36)43-37)42(31)40-34-21-11-9-19-32(34)39(28-15-5-2-6-16-28)33-20-10-12-22-35(33)40/h1-26H. The Morgan fingerprint density at radius 1 is 0.326 bits per heavy atom. The highest BCUT2D eigenvalue weighted by molar-refractivity contribution is 6.28. The van der Waals surface area contributed by atoms with E-state index in [1.165, 1.54) is 65.7 Å². The SMILES string of the molecule is c1ccc(-c2ccc3oc4cc5ccccc5cc4c3c2-c2c3ccccc3c(-c3ccccc3)c3ccccc23)cc1. The second-order valence-electron chi connectivity index (χ2n) is 11.2. The summed E-state index contributed by atoms with van der Waals surface area (Å²) in [5.74, 6) is 0. The Balaban J connectivity index is 1.53. The molecule has 1 aromatic heterocycles. The van der Waals surface area contributed by atoms with Crippen LogP contribution in [-0.4, -0.2) is 0 Å². The average molecular weight is 547 g/mol. The minimum absolute atomic E-state index is 0.903. The Morgan fingerprint density at radius 3 is 1.47 bits per heavy atom. The van der Waals surface area contributed by atoms with Gasteiger partial charge in [-0.15, -0.1) is 0 Å². The first-order chi connectivity index (χ1) is 21.3. The molecule has 0 aliphatic rings. The lowest BCUT2D eigenvalue weighted by Crippen LogP contribution is -1.93. The Bertz CT molecular complexity index is 2430. The molecule has 0 fully saturated rings. The molecule has 43 heavy (non-hydrogen) atoms. The molecule has 200 valence electrons. The first kappa shape index (κ1) is 24.0. The van der Waals surface area contributed by atoms with Crippen LogP contribution in [0.2, 0.25) is 0 Å². The summed E-state index contributed by atoms with van der Waals surface area (Å²) in [4.78, 5) is 0. The van der Waals surface area contributed by atoms with E-state index in [2.05, 4.69) is 158 Å². The van der Waals surface area contributed by atoms with Gasteiger partial charge in [-0.3, -0.25) is 0 Å². The summed E-state index contributed by atoms with van der Waals surface area (Å²) in [5, 5.41) is 9.66. The number of hydrogen-bond acceptors (Lipinski definition) is 1. The number of hydrogen-bond donors (Lipinski definition) is 0. The van der Waals surface area contributed by atoms with Gasteiger partial charge in [0.1, 0.15) is 11.2 Å². The minimum atomic E-state index is 0.903. The van der Waals surface area contributed by atoms with Gasteiger partial charge in [0.15, 0.2) is 0 Å². The predicted molar refractivity (Wildman–Crippen MR) is 183 cm³/mol. The fraction of sp³-hybridized carbons (Fsp3) is 0. The maximum atomic E-state index is 6.63. The van der Waals surface area contributed by atoms with Gasteiger partial charge in [-0.25, -0.2) is 0 Å². The molecule has 0 atom stereocenters. The zero-order valence-electron chi connectivity index (χ0n) is 23.4. The van der Waals surface area contributed by atoms with Gasteiger partial charge < -0.3 is 4.42 Å². The Labute approximate surface area is 249 Å². The molecule has 0 saturated heterocycles. The maximum Gasteiger partial charge on any atom is 0.136 e. The van der Waals surface area contributed by atoms with Crippen LogP contribution in [0.15, 0.2) is 162 Å². The van der Waals surface area contributed by atoms with Crippen molar-refractivity contribution in [2.75, 3.05) is 0 Å². The van der Waals surface area contributed by atoms with Crippen molar-refractivity contribution >= 4 is 54.3 Å². The van der Waals surface area contributed by atoms with Crippen LogP contribution in [0.3, 0.4) is 0 Å². The minimum Gasteiger partial charge on any atom is -0.456 e. The highest BCUT2D eigenvalue weighted by atomic mass is 16.3. The van der Waals surface area contributed by atoms with Crippen molar-refractivity contribution in [2.45, 2.75) is 0 Å². The van der Waals surface area contributed by atoms with Crippen LogP contribution < -0.4 is 0 Å². The van der Waals surface area contributed by atoms with Crippen LogP contribution in [-0.2, 0) is 0 Å². The molecule has 0 spiro atoms. The van der Waals surface area contributed by atoms with Gasteiger partial charge in [0, 0.05) is 16.3 Å². The Morgan fingerprint density at radius 2 is 0.837 bits per heavy atom. The van der Waals surface area contributed by atoms with E-state index in [0.29, 0.717) is 0 Å². The number of furan rings is 1. The first-order valence-electron chi connectivity index (χ1n) is 14.8. The quantitative estimate of drug-likeness (QED) is 0.201. The van der Waals surface area contributed by atoms with E-state index in [1.807, 2.05) is 0 Å². The topological polar surface area (TPSA) is 13.1 Å². The van der Waals surface area contributed by atoms with E-state index < -0.39 is 0 Å². The molecule has 0 aliphatic heterocycles. The molecular formula is C42H26O. The summed E-state index contributed by atoms with van der Waals surface area (Å²) < 4.78 is 6.63. The van der Waals surface area contributed by atoms with Crippen LogP contribution in [0.5, 0.6) is 0 Å². The molecule has 0 radical (unpaired) electrons. The first-order valence-corrected chi connectivity index (χ1v) is 14.8. The lowest BCUT2D eigenvalue weighted by molar-refractivity contribution is 0.669. The van der Waals surface area contributed by atoms with Crippen molar-refractivity contribution in [3.8, 4) is 33.4 Å². The van der Waals surface area contributed by atoms with Crippen LogP contribution in [0.4, 0.5) is 0 Å². The largest absolute Gasteiger partial charge is 0.456 e. The summed E-state index contributed by atoms with van der Waals surface area (Å²) >= 11 is 0. The van der Waals surface area contributed by atoms with E-state index in [0.717, 1.165) is 21.9 Å². The highest BCUT2D eigenvalue weighted by Crippen LogP contribution is 2.50. The van der Waals surface area contributed by atoms with Crippen LogP contribution >= 0.6 is 0 Å². The Hall–Kier alpha value is -5.66. The Kier molecular flexibility index (Phi) is 5.27. The third-order valence-electron chi connectivity index (χ3n) is 8.83. The van der Waals surface area contributed by atoms with E-state index in [4.69, 9.17) is 4.42 Å². The average Bonchev–Trinajstić information content (AvgIpc) is 3.44. The zero-order valence-corrected chi connectivity index (χ0v) is 23.4. The van der Waals surface area contributed by atoms with Gasteiger partial charge in [-0.2, -0.15) is 0 Å². The summed E-state index contributed by atoms with van der Waals surface area (Å²) in [6.45, 7) is 0. The van der Waals surface area contributed by atoms with Crippen LogP contribution in [0, 0.1) is 0 Å². The fourth-order valence-corrected chi connectivity index (χ4v) is 6.99. The van der Waals surface area contributed by atoms with Crippen molar-refractivity contribution in [1.82, 2.24) is 0 Å². The van der Waals surface area contributed by atoms with Gasteiger partial charge in [-0.1, -0.05) is 140 Å². The third kappa shape index (κ3) is 3.65. The normalized spacial score (nSPS) is 11.7.